The number of hydrogen-bond acceptors (Lipinski definition) is 6. The van der Waals surface area contributed by atoms with Gasteiger partial charge in [-0.25, -0.2) is 0 Å². The zero-order valence-electron chi connectivity index (χ0n) is 27.2. The molecule has 260 valence electrons. The highest BCUT2D eigenvalue weighted by molar-refractivity contribution is 6.12. The smallest absolute Gasteiger partial charge is 0.416 e. The van der Waals surface area contributed by atoms with Crippen molar-refractivity contribution in [3.05, 3.63) is 124 Å². The van der Waals surface area contributed by atoms with E-state index in [1.54, 1.807) is 25.1 Å². The number of rotatable bonds is 12. The summed E-state index contributed by atoms with van der Waals surface area (Å²) in [5, 5.41) is 22.4. The Balaban J connectivity index is 1.54. The molecule has 0 bridgehead atoms. The molecule has 10 nitrogen and oxygen atoms in total. The van der Waals surface area contributed by atoms with Gasteiger partial charge in [-0.1, -0.05) is 66.2 Å². The first kappa shape index (κ1) is 36.8. The van der Waals surface area contributed by atoms with Crippen LogP contribution >= 0.6 is 0 Å². The summed E-state index contributed by atoms with van der Waals surface area (Å²) in [4.78, 5) is 65.0. The van der Waals surface area contributed by atoms with Gasteiger partial charge in [0.25, 0.3) is 11.8 Å². The summed E-state index contributed by atoms with van der Waals surface area (Å²) in [7, 11) is 2.98. The van der Waals surface area contributed by atoms with E-state index in [-0.39, 0.29) is 28.8 Å². The maximum atomic E-state index is 13.6. The first-order chi connectivity index (χ1) is 23.5. The third-order valence-corrected chi connectivity index (χ3v) is 8.00. The lowest BCUT2D eigenvalue weighted by atomic mass is 9.78. The number of carboxylic acid groups (broad SMARTS) is 2. The van der Waals surface area contributed by atoms with Crippen LogP contribution in [0.15, 0.2) is 91.0 Å². The molecular weight excluding hydrogens is 657 g/mol. The largest absolute Gasteiger partial charge is 0.480 e. The topological polar surface area (TPSA) is 150 Å². The van der Waals surface area contributed by atoms with Gasteiger partial charge in [0, 0.05) is 26.1 Å². The minimum atomic E-state index is -4.53. The molecule has 13 heteroatoms. The number of benzene rings is 4. The number of nitrogens with one attached hydrogen (secondary N) is 1. The molecule has 50 heavy (non-hydrogen) atoms. The van der Waals surface area contributed by atoms with Crippen LogP contribution in [0, 0.1) is 6.92 Å². The molecule has 0 saturated heterocycles. The van der Waals surface area contributed by atoms with Crippen molar-refractivity contribution in [3.8, 4) is 11.1 Å². The number of hydrogen-bond donors (Lipinski definition) is 3. The lowest BCUT2D eigenvalue weighted by Gasteiger charge is -2.25. The van der Waals surface area contributed by atoms with E-state index in [0.29, 0.717) is 16.7 Å². The molecule has 3 N–H and O–H groups in total. The number of carboxylic acids is 2. The number of ether oxygens (including phenoxy) is 1. The number of anilines is 1. The van der Waals surface area contributed by atoms with Crippen molar-refractivity contribution >= 4 is 35.4 Å². The van der Waals surface area contributed by atoms with E-state index in [1.165, 1.54) is 79.7 Å². The van der Waals surface area contributed by atoms with Crippen LogP contribution in [0.25, 0.3) is 11.1 Å². The number of aliphatic carboxylic acids is 2. The highest BCUT2D eigenvalue weighted by Crippen LogP contribution is 2.33. The molecule has 2 amide bonds. The summed E-state index contributed by atoms with van der Waals surface area (Å²) in [5.41, 5.74) is -1.10. The minimum absolute atomic E-state index is 0.0117. The Morgan fingerprint density at radius 3 is 2.00 bits per heavy atom. The number of halogens is 3. The number of carbonyl (C=O) groups excluding carboxylic acids is 3. The Hall–Kier alpha value is -5.98. The van der Waals surface area contributed by atoms with Crippen molar-refractivity contribution in [1.29, 1.82) is 0 Å². The summed E-state index contributed by atoms with van der Waals surface area (Å²) in [6.45, 7) is 1.24. The fraction of sp³-hybridized carbons (Fsp3) is 0.216. The molecule has 0 fully saturated rings. The summed E-state index contributed by atoms with van der Waals surface area (Å²) in [6.07, 6.45) is -5.44. The number of alkyl halides is 3. The van der Waals surface area contributed by atoms with Crippen LogP contribution in [-0.2, 0) is 37.1 Å². The predicted molar refractivity (Wildman–Crippen MR) is 177 cm³/mol. The molecule has 0 aliphatic carbocycles. The molecule has 0 aliphatic rings. The third-order valence-electron chi connectivity index (χ3n) is 8.00. The van der Waals surface area contributed by atoms with Crippen molar-refractivity contribution in [3.63, 3.8) is 0 Å². The summed E-state index contributed by atoms with van der Waals surface area (Å²) < 4.78 is 44.7. The number of carbonyl (C=O) groups is 5. The lowest BCUT2D eigenvalue weighted by molar-refractivity contribution is -0.160. The molecule has 4 aromatic carbocycles. The van der Waals surface area contributed by atoms with Gasteiger partial charge in [-0.05, 0) is 59.5 Å². The zero-order chi connectivity index (χ0) is 36.8. The van der Waals surface area contributed by atoms with E-state index in [9.17, 15) is 47.4 Å². The van der Waals surface area contributed by atoms with Gasteiger partial charge >= 0.3 is 24.1 Å². The maximum absolute atomic E-state index is 13.6. The Bertz CT molecular complexity index is 1910. The summed E-state index contributed by atoms with van der Waals surface area (Å²) >= 11 is 0. The van der Waals surface area contributed by atoms with Crippen LogP contribution in [-0.4, -0.2) is 65.5 Å². The standard InChI is InChI=1S/C37H33F3N2O8/c1-22-9-15-27(28(19-22)24-11-13-26(14-12-24)37(38,39)40)32(44)41-30-16-10-23(20-29(30)33(45)42(2)3)21-31(43)50-18-17-36(34(46)47,35(48)49)25-7-5-4-6-8-25/h4-16,19-20H,17-18,21H2,1-3H3,(H,41,44)(H,46,47)(H,48,49). The van der Waals surface area contributed by atoms with Gasteiger partial charge in [-0.3, -0.25) is 24.0 Å². The first-order valence-electron chi connectivity index (χ1n) is 15.2. The van der Waals surface area contributed by atoms with Gasteiger partial charge < -0.3 is 25.2 Å². The van der Waals surface area contributed by atoms with Gasteiger partial charge in [0.2, 0.25) is 0 Å². The van der Waals surface area contributed by atoms with Gasteiger partial charge in [0.15, 0.2) is 5.41 Å². The van der Waals surface area contributed by atoms with Crippen molar-refractivity contribution in [1.82, 2.24) is 4.90 Å². The van der Waals surface area contributed by atoms with Crippen molar-refractivity contribution in [2.24, 2.45) is 0 Å². The second-order valence-electron chi connectivity index (χ2n) is 11.7. The number of amides is 2. The molecule has 0 unspecified atom stereocenters. The monoisotopic (exact) mass is 690 g/mol. The van der Waals surface area contributed by atoms with Crippen LogP contribution < -0.4 is 5.32 Å². The predicted octanol–water partition coefficient (Wildman–Crippen LogP) is 6.22. The third kappa shape index (κ3) is 8.17. The first-order valence-corrected chi connectivity index (χ1v) is 15.2. The van der Waals surface area contributed by atoms with Gasteiger partial charge in [-0.15, -0.1) is 0 Å². The molecule has 0 saturated carbocycles. The average molecular weight is 691 g/mol. The van der Waals surface area contributed by atoms with Gasteiger partial charge in [-0.2, -0.15) is 13.2 Å². The van der Waals surface area contributed by atoms with Crippen molar-refractivity contribution in [2.75, 3.05) is 26.0 Å². The highest BCUT2D eigenvalue weighted by atomic mass is 19.4. The van der Waals surface area contributed by atoms with E-state index in [2.05, 4.69) is 5.32 Å². The molecule has 0 heterocycles. The molecule has 0 aromatic heterocycles. The van der Waals surface area contributed by atoms with Crippen LogP contribution in [0.5, 0.6) is 0 Å². The minimum Gasteiger partial charge on any atom is -0.480 e. The molecular formula is C37H33F3N2O8. The Kier molecular flexibility index (Phi) is 11.1. The second-order valence-corrected chi connectivity index (χ2v) is 11.7. The van der Waals surface area contributed by atoms with E-state index < -0.39 is 59.9 Å². The number of esters is 1. The molecule has 0 spiro atoms. The molecule has 4 rings (SSSR count). The number of aryl methyl sites for hydroxylation is 1. The second kappa shape index (κ2) is 15.1. The molecule has 0 radical (unpaired) electrons. The fourth-order valence-electron chi connectivity index (χ4n) is 5.31. The van der Waals surface area contributed by atoms with Crippen molar-refractivity contribution < 1.29 is 52.1 Å². The normalized spacial score (nSPS) is 11.4. The quantitative estimate of drug-likeness (QED) is 0.117. The van der Waals surface area contributed by atoms with Crippen LogP contribution in [0.2, 0.25) is 0 Å². The highest BCUT2D eigenvalue weighted by Gasteiger charge is 2.48. The average Bonchev–Trinajstić information content (AvgIpc) is 3.06. The number of nitrogens with zero attached hydrogens (tertiary/aromatic N) is 1. The van der Waals surface area contributed by atoms with Crippen LogP contribution in [0.3, 0.4) is 0 Å². The zero-order valence-corrected chi connectivity index (χ0v) is 27.2. The van der Waals surface area contributed by atoms with Crippen molar-refractivity contribution in [2.45, 2.75) is 31.4 Å². The SMILES string of the molecule is Cc1ccc(C(=O)Nc2ccc(CC(=O)OCCC(C(=O)O)(C(=O)O)c3ccccc3)cc2C(=O)N(C)C)c(-c2ccc(C(F)(F)F)cc2)c1. The Morgan fingerprint density at radius 2 is 1.42 bits per heavy atom. The van der Waals surface area contributed by atoms with Crippen LogP contribution in [0.1, 0.15) is 49.4 Å². The van der Waals surface area contributed by atoms with E-state index >= 15 is 0 Å². The summed E-state index contributed by atoms with van der Waals surface area (Å²) in [6, 6.07) is 20.8. The maximum Gasteiger partial charge on any atom is 0.416 e. The molecule has 4 aromatic rings. The lowest BCUT2D eigenvalue weighted by Crippen LogP contribution is -2.45. The molecule has 0 atom stereocenters. The summed E-state index contributed by atoms with van der Waals surface area (Å²) in [5.74, 6) is -5.21. The van der Waals surface area contributed by atoms with E-state index in [0.717, 1.165) is 17.7 Å². The van der Waals surface area contributed by atoms with Gasteiger partial charge in [0.05, 0.1) is 29.8 Å². The van der Waals surface area contributed by atoms with E-state index in [1.807, 2.05) is 0 Å². The van der Waals surface area contributed by atoms with Gasteiger partial charge in [0.1, 0.15) is 0 Å². The molecule has 0 aliphatic heterocycles. The fourth-order valence-corrected chi connectivity index (χ4v) is 5.31. The Morgan fingerprint density at radius 1 is 0.780 bits per heavy atom. The van der Waals surface area contributed by atoms with E-state index in [4.69, 9.17) is 4.74 Å². The van der Waals surface area contributed by atoms with Crippen LogP contribution in [0.4, 0.5) is 18.9 Å². The Labute approximate surface area is 285 Å².